The monoisotopic (exact) mass is 361 g/mol. The fourth-order valence-corrected chi connectivity index (χ4v) is 3.06. The summed E-state index contributed by atoms with van der Waals surface area (Å²) < 4.78 is 11.9. The van der Waals surface area contributed by atoms with Crippen molar-refractivity contribution in [1.82, 2.24) is 4.98 Å². The van der Waals surface area contributed by atoms with Crippen LogP contribution in [-0.4, -0.2) is 10.1 Å². The number of hydrogen-bond acceptors (Lipinski definition) is 4. The Labute approximate surface area is 155 Å². The van der Waals surface area contributed by atoms with Gasteiger partial charge in [-0.25, -0.2) is 0 Å². The number of aromatic hydroxyl groups is 1. The van der Waals surface area contributed by atoms with Crippen molar-refractivity contribution < 1.29 is 14.3 Å². The summed E-state index contributed by atoms with van der Waals surface area (Å²) in [4.78, 5) is 14.8. The van der Waals surface area contributed by atoms with Crippen LogP contribution in [-0.2, 0) is 6.61 Å². The molecule has 2 aromatic carbocycles. The summed E-state index contributed by atoms with van der Waals surface area (Å²) in [6.45, 7) is 3.75. The Kier molecular flexibility index (Phi) is 4.20. The quantitative estimate of drug-likeness (QED) is 0.553. The molecule has 0 saturated heterocycles. The van der Waals surface area contributed by atoms with Crippen molar-refractivity contribution in [3.63, 3.8) is 0 Å². The maximum atomic E-state index is 12.0. The van der Waals surface area contributed by atoms with Gasteiger partial charge in [0.15, 0.2) is 17.1 Å². The zero-order valence-electron chi connectivity index (χ0n) is 15.1. The Bertz CT molecular complexity index is 1170. The van der Waals surface area contributed by atoms with E-state index in [4.69, 9.17) is 9.15 Å². The van der Waals surface area contributed by atoms with Gasteiger partial charge in [-0.15, -0.1) is 0 Å². The third-order valence-corrected chi connectivity index (χ3v) is 4.66. The lowest BCUT2D eigenvalue weighted by molar-refractivity contribution is 0.305. The van der Waals surface area contributed by atoms with Crippen LogP contribution < -0.4 is 10.3 Å². The van der Waals surface area contributed by atoms with E-state index >= 15 is 0 Å². The van der Waals surface area contributed by atoms with Crippen LogP contribution in [0.1, 0.15) is 16.7 Å². The Morgan fingerprint density at radius 3 is 2.59 bits per heavy atom. The molecule has 4 rings (SSSR count). The molecule has 0 aliphatic carbocycles. The Morgan fingerprint density at radius 1 is 1.04 bits per heavy atom. The molecule has 0 atom stereocenters. The SMILES string of the molecule is Cc1c(-c2cc3cccc(OCc4ccccc4)c3o2)[nH]c(=O)c(C)c1O. The second kappa shape index (κ2) is 6.68. The number of aromatic nitrogens is 1. The van der Waals surface area contributed by atoms with Gasteiger partial charge in [0.2, 0.25) is 0 Å². The van der Waals surface area contributed by atoms with Crippen LogP contribution in [0.25, 0.3) is 22.4 Å². The molecule has 0 aliphatic heterocycles. The maximum Gasteiger partial charge on any atom is 0.255 e. The van der Waals surface area contributed by atoms with Crippen LogP contribution in [0, 0.1) is 13.8 Å². The number of rotatable bonds is 4. The molecule has 136 valence electrons. The number of nitrogens with one attached hydrogen (secondary N) is 1. The fourth-order valence-electron chi connectivity index (χ4n) is 3.06. The molecule has 5 heteroatoms. The van der Waals surface area contributed by atoms with Gasteiger partial charge < -0.3 is 19.2 Å². The second-order valence-corrected chi connectivity index (χ2v) is 6.49. The topological polar surface area (TPSA) is 75.5 Å². The predicted octanol–water partition coefficient (Wildman–Crippen LogP) is 4.69. The smallest absolute Gasteiger partial charge is 0.255 e. The summed E-state index contributed by atoms with van der Waals surface area (Å²) >= 11 is 0. The first kappa shape index (κ1) is 17.0. The Balaban J connectivity index is 1.74. The standard InChI is InChI=1S/C22H19NO4/c1-13-19(23-22(25)14(2)20(13)24)18-11-16-9-6-10-17(21(16)27-18)26-12-15-7-4-3-5-8-15/h3-11H,12H2,1-2H3,(H2,23,24,25). The normalized spacial score (nSPS) is 11.0. The summed E-state index contributed by atoms with van der Waals surface area (Å²) in [5.74, 6) is 1.08. The van der Waals surface area contributed by atoms with E-state index in [1.165, 1.54) is 0 Å². The highest BCUT2D eigenvalue weighted by molar-refractivity contribution is 5.87. The van der Waals surface area contributed by atoms with E-state index in [1.54, 1.807) is 13.8 Å². The summed E-state index contributed by atoms with van der Waals surface area (Å²) in [6.07, 6.45) is 0. The van der Waals surface area contributed by atoms with E-state index < -0.39 is 0 Å². The van der Waals surface area contributed by atoms with Crippen LogP contribution in [0.3, 0.4) is 0 Å². The van der Waals surface area contributed by atoms with Gasteiger partial charge >= 0.3 is 0 Å². The summed E-state index contributed by atoms with van der Waals surface area (Å²) in [5.41, 5.74) is 2.65. The number of benzene rings is 2. The fraction of sp³-hybridized carbons (Fsp3) is 0.136. The molecule has 2 aromatic heterocycles. The number of para-hydroxylation sites is 1. The minimum absolute atomic E-state index is 0.0187. The van der Waals surface area contributed by atoms with Gasteiger partial charge in [-0.3, -0.25) is 4.79 Å². The first-order valence-electron chi connectivity index (χ1n) is 8.66. The van der Waals surface area contributed by atoms with E-state index in [9.17, 15) is 9.90 Å². The number of pyridine rings is 1. The van der Waals surface area contributed by atoms with Crippen molar-refractivity contribution in [3.05, 3.63) is 81.6 Å². The van der Waals surface area contributed by atoms with Gasteiger partial charge in [0.1, 0.15) is 12.4 Å². The lowest BCUT2D eigenvalue weighted by Crippen LogP contribution is -2.11. The van der Waals surface area contributed by atoms with Crippen molar-refractivity contribution in [2.45, 2.75) is 20.5 Å². The van der Waals surface area contributed by atoms with Crippen LogP contribution in [0.5, 0.6) is 11.5 Å². The summed E-state index contributed by atoms with van der Waals surface area (Å²) in [7, 11) is 0. The lowest BCUT2D eigenvalue weighted by atomic mass is 10.1. The first-order valence-corrected chi connectivity index (χ1v) is 8.66. The number of ether oxygens (including phenoxy) is 1. The van der Waals surface area contributed by atoms with Crippen LogP contribution in [0.4, 0.5) is 0 Å². The average molecular weight is 361 g/mol. The van der Waals surface area contributed by atoms with Crippen molar-refractivity contribution in [2.24, 2.45) is 0 Å². The molecule has 0 saturated carbocycles. The van der Waals surface area contributed by atoms with Crippen molar-refractivity contribution in [2.75, 3.05) is 0 Å². The molecule has 0 radical (unpaired) electrons. The molecule has 2 N–H and O–H groups in total. The Hall–Kier alpha value is -3.47. The second-order valence-electron chi connectivity index (χ2n) is 6.49. The Morgan fingerprint density at radius 2 is 1.81 bits per heavy atom. The molecule has 0 spiro atoms. The molecule has 0 bridgehead atoms. The minimum Gasteiger partial charge on any atom is -0.507 e. The van der Waals surface area contributed by atoms with Gasteiger partial charge in [0.05, 0.1) is 11.3 Å². The lowest BCUT2D eigenvalue weighted by Gasteiger charge is -2.08. The van der Waals surface area contributed by atoms with Gasteiger partial charge in [0, 0.05) is 10.9 Å². The van der Waals surface area contributed by atoms with E-state index in [2.05, 4.69) is 4.98 Å². The van der Waals surface area contributed by atoms with Gasteiger partial charge in [0.25, 0.3) is 5.56 Å². The predicted molar refractivity (Wildman–Crippen MR) is 104 cm³/mol. The van der Waals surface area contributed by atoms with Crippen molar-refractivity contribution in [3.8, 4) is 23.0 Å². The van der Waals surface area contributed by atoms with Gasteiger partial charge in [-0.05, 0) is 31.5 Å². The molecule has 4 aromatic rings. The van der Waals surface area contributed by atoms with E-state index in [0.717, 1.165) is 10.9 Å². The number of fused-ring (bicyclic) bond motifs is 1. The minimum atomic E-state index is -0.339. The number of furan rings is 1. The molecular weight excluding hydrogens is 342 g/mol. The highest BCUT2D eigenvalue weighted by atomic mass is 16.5. The third kappa shape index (κ3) is 3.08. The van der Waals surface area contributed by atoms with E-state index in [0.29, 0.717) is 40.5 Å². The van der Waals surface area contributed by atoms with Crippen LogP contribution in [0.15, 0.2) is 63.8 Å². The van der Waals surface area contributed by atoms with Crippen LogP contribution >= 0.6 is 0 Å². The van der Waals surface area contributed by atoms with Gasteiger partial charge in [-0.1, -0.05) is 42.5 Å². The molecule has 0 unspecified atom stereocenters. The summed E-state index contributed by atoms with van der Waals surface area (Å²) in [6, 6.07) is 17.4. The first-order chi connectivity index (χ1) is 13.0. The molecule has 2 heterocycles. The highest BCUT2D eigenvalue weighted by Gasteiger charge is 2.17. The molecule has 5 nitrogen and oxygen atoms in total. The van der Waals surface area contributed by atoms with Gasteiger partial charge in [-0.2, -0.15) is 0 Å². The molecule has 27 heavy (non-hydrogen) atoms. The molecular formula is C22H19NO4. The average Bonchev–Trinajstić information content (AvgIpc) is 3.13. The number of hydrogen-bond donors (Lipinski definition) is 2. The molecule has 0 amide bonds. The number of H-pyrrole nitrogens is 1. The summed E-state index contributed by atoms with van der Waals surface area (Å²) in [5, 5.41) is 11.0. The molecule has 0 aliphatic rings. The third-order valence-electron chi connectivity index (χ3n) is 4.66. The number of aromatic amines is 1. The van der Waals surface area contributed by atoms with Crippen LogP contribution in [0.2, 0.25) is 0 Å². The molecule has 0 fully saturated rings. The zero-order valence-corrected chi connectivity index (χ0v) is 15.1. The van der Waals surface area contributed by atoms with E-state index in [1.807, 2.05) is 54.6 Å². The van der Waals surface area contributed by atoms with Crippen molar-refractivity contribution >= 4 is 11.0 Å². The van der Waals surface area contributed by atoms with Crippen molar-refractivity contribution in [1.29, 1.82) is 0 Å². The largest absolute Gasteiger partial charge is 0.507 e. The zero-order chi connectivity index (χ0) is 19.0. The highest BCUT2D eigenvalue weighted by Crippen LogP contribution is 2.35. The van der Waals surface area contributed by atoms with E-state index in [-0.39, 0.29) is 11.3 Å². The maximum absolute atomic E-state index is 12.0.